The highest BCUT2D eigenvalue weighted by Crippen LogP contribution is 2.21. The molecule has 0 atom stereocenters. The van der Waals surface area contributed by atoms with Gasteiger partial charge in [0.25, 0.3) is 0 Å². The zero-order valence-corrected chi connectivity index (χ0v) is 9.60. The number of benzene rings is 1. The topological polar surface area (TPSA) is 52.0 Å². The van der Waals surface area contributed by atoms with Crippen molar-refractivity contribution in [1.29, 1.82) is 0 Å². The number of hydrogen-bond acceptors (Lipinski definition) is 3. The fourth-order valence-electron chi connectivity index (χ4n) is 1.71. The standard InChI is InChI=1S/C13H16N2O/c1-9(2)7-10-3-5-11(6-4-10)12-8-13(14)16-15-12/h3-6,8-9H,7,14H2,1-2H3. The van der Waals surface area contributed by atoms with E-state index in [1.54, 1.807) is 6.07 Å². The Bertz CT molecular complexity index is 457. The molecular formula is C13H16N2O. The highest BCUT2D eigenvalue weighted by molar-refractivity contribution is 5.61. The molecule has 0 saturated heterocycles. The largest absolute Gasteiger partial charge is 0.368 e. The van der Waals surface area contributed by atoms with Crippen LogP contribution in [0.5, 0.6) is 0 Å². The third-order valence-electron chi connectivity index (χ3n) is 2.42. The van der Waals surface area contributed by atoms with Crippen LogP contribution in [0.4, 0.5) is 5.88 Å². The van der Waals surface area contributed by atoms with E-state index in [1.165, 1.54) is 5.56 Å². The van der Waals surface area contributed by atoms with Crippen LogP contribution in [0.15, 0.2) is 34.9 Å². The van der Waals surface area contributed by atoms with Gasteiger partial charge in [0.15, 0.2) is 0 Å². The van der Waals surface area contributed by atoms with E-state index >= 15 is 0 Å². The summed E-state index contributed by atoms with van der Waals surface area (Å²) in [7, 11) is 0. The first-order chi connectivity index (χ1) is 7.65. The molecule has 2 aromatic rings. The summed E-state index contributed by atoms with van der Waals surface area (Å²) < 4.78 is 4.84. The van der Waals surface area contributed by atoms with Crippen molar-refractivity contribution in [1.82, 2.24) is 5.16 Å². The van der Waals surface area contributed by atoms with Crippen molar-refractivity contribution in [3.8, 4) is 11.3 Å². The lowest BCUT2D eigenvalue weighted by Crippen LogP contribution is -1.93. The van der Waals surface area contributed by atoms with Crippen LogP contribution in [-0.2, 0) is 6.42 Å². The number of anilines is 1. The van der Waals surface area contributed by atoms with Gasteiger partial charge in [0.1, 0.15) is 5.69 Å². The Morgan fingerprint density at radius 2 is 1.94 bits per heavy atom. The van der Waals surface area contributed by atoms with Crippen LogP contribution < -0.4 is 5.73 Å². The quantitative estimate of drug-likeness (QED) is 0.857. The van der Waals surface area contributed by atoms with Crippen LogP contribution in [0.2, 0.25) is 0 Å². The number of rotatable bonds is 3. The normalized spacial score (nSPS) is 10.9. The molecule has 3 heteroatoms. The molecule has 0 aliphatic heterocycles. The van der Waals surface area contributed by atoms with Gasteiger partial charge < -0.3 is 10.3 Å². The second-order valence-corrected chi connectivity index (χ2v) is 4.41. The van der Waals surface area contributed by atoms with E-state index in [1.807, 2.05) is 0 Å². The highest BCUT2D eigenvalue weighted by Gasteiger charge is 2.04. The lowest BCUT2D eigenvalue weighted by atomic mass is 10.0. The molecule has 0 saturated carbocycles. The molecule has 0 radical (unpaired) electrons. The van der Waals surface area contributed by atoms with Gasteiger partial charge in [-0.2, -0.15) is 0 Å². The van der Waals surface area contributed by atoms with Crippen LogP contribution in [0.25, 0.3) is 11.3 Å². The molecule has 84 valence electrons. The van der Waals surface area contributed by atoms with Crippen LogP contribution in [0.3, 0.4) is 0 Å². The molecule has 3 nitrogen and oxygen atoms in total. The summed E-state index contributed by atoms with van der Waals surface area (Å²) in [6, 6.07) is 10.1. The average Bonchev–Trinajstić information content (AvgIpc) is 2.65. The minimum absolute atomic E-state index is 0.348. The monoisotopic (exact) mass is 216 g/mol. The molecule has 0 aliphatic carbocycles. The summed E-state index contributed by atoms with van der Waals surface area (Å²) in [5.74, 6) is 1.02. The third-order valence-corrected chi connectivity index (χ3v) is 2.42. The van der Waals surface area contributed by atoms with Crippen molar-refractivity contribution in [3.63, 3.8) is 0 Å². The fraction of sp³-hybridized carbons (Fsp3) is 0.308. The molecule has 2 rings (SSSR count). The Morgan fingerprint density at radius 3 is 2.44 bits per heavy atom. The van der Waals surface area contributed by atoms with Crippen molar-refractivity contribution in [2.24, 2.45) is 5.92 Å². The van der Waals surface area contributed by atoms with Gasteiger partial charge in [0.05, 0.1) is 0 Å². The van der Waals surface area contributed by atoms with Crippen molar-refractivity contribution in [2.75, 3.05) is 5.73 Å². The number of nitrogen functional groups attached to an aromatic ring is 1. The van der Waals surface area contributed by atoms with Gasteiger partial charge in [-0.3, -0.25) is 0 Å². The smallest absolute Gasteiger partial charge is 0.222 e. The first kappa shape index (κ1) is 10.7. The van der Waals surface area contributed by atoms with Crippen LogP contribution in [-0.4, -0.2) is 5.16 Å². The molecule has 0 fully saturated rings. The summed E-state index contributed by atoms with van der Waals surface area (Å²) in [6.07, 6.45) is 1.10. The maximum atomic E-state index is 5.48. The second kappa shape index (κ2) is 4.39. The van der Waals surface area contributed by atoms with Gasteiger partial charge in [0, 0.05) is 11.6 Å². The molecule has 0 amide bonds. The summed E-state index contributed by atoms with van der Waals surface area (Å²) in [5.41, 5.74) is 8.65. The Morgan fingerprint density at radius 1 is 1.25 bits per heavy atom. The van der Waals surface area contributed by atoms with Crippen LogP contribution in [0, 0.1) is 5.92 Å². The Labute approximate surface area is 95.3 Å². The Kier molecular flexibility index (Phi) is 2.95. The van der Waals surface area contributed by atoms with Gasteiger partial charge in [-0.1, -0.05) is 43.3 Å². The molecule has 0 bridgehead atoms. The van der Waals surface area contributed by atoms with Gasteiger partial charge in [-0.15, -0.1) is 0 Å². The van der Waals surface area contributed by atoms with Crippen molar-refractivity contribution < 1.29 is 4.52 Å². The third kappa shape index (κ3) is 2.42. The Hall–Kier alpha value is -1.77. The highest BCUT2D eigenvalue weighted by atomic mass is 16.5. The lowest BCUT2D eigenvalue weighted by Gasteiger charge is -2.04. The van der Waals surface area contributed by atoms with E-state index in [0.29, 0.717) is 11.8 Å². The van der Waals surface area contributed by atoms with Crippen molar-refractivity contribution in [2.45, 2.75) is 20.3 Å². The van der Waals surface area contributed by atoms with Gasteiger partial charge in [0.2, 0.25) is 5.88 Å². The van der Waals surface area contributed by atoms with Crippen LogP contribution in [0.1, 0.15) is 19.4 Å². The number of aromatic nitrogens is 1. The number of nitrogens with two attached hydrogens (primary N) is 1. The predicted octanol–water partition coefficient (Wildman–Crippen LogP) is 3.12. The maximum absolute atomic E-state index is 5.48. The molecule has 1 aromatic heterocycles. The van der Waals surface area contributed by atoms with Crippen molar-refractivity contribution >= 4 is 5.88 Å². The van der Waals surface area contributed by atoms with Gasteiger partial charge in [-0.05, 0) is 17.9 Å². The molecule has 1 aromatic carbocycles. The molecular weight excluding hydrogens is 200 g/mol. The Balaban J connectivity index is 2.19. The summed E-state index contributed by atoms with van der Waals surface area (Å²) in [4.78, 5) is 0. The van der Waals surface area contributed by atoms with E-state index in [2.05, 4.69) is 43.3 Å². The average molecular weight is 216 g/mol. The second-order valence-electron chi connectivity index (χ2n) is 4.41. The maximum Gasteiger partial charge on any atom is 0.222 e. The predicted molar refractivity (Wildman–Crippen MR) is 64.9 cm³/mol. The van der Waals surface area contributed by atoms with Gasteiger partial charge in [-0.25, -0.2) is 0 Å². The zero-order valence-electron chi connectivity index (χ0n) is 9.60. The lowest BCUT2D eigenvalue weighted by molar-refractivity contribution is 0.439. The SMILES string of the molecule is CC(C)Cc1ccc(-c2cc(N)on2)cc1. The van der Waals surface area contributed by atoms with Crippen molar-refractivity contribution in [3.05, 3.63) is 35.9 Å². The summed E-state index contributed by atoms with van der Waals surface area (Å²) >= 11 is 0. The van der Waals surface area contributed by atoms with Gasteiger partial charge >= 0.3 is 0 Å². The number of hydrogen-bond donors (Lipinski definition) is 1. The minimum atomic E-state index is 0.348. The molecule has 0 aliphatic rings. The van der Waals surface area contributed by atoms with E-state index in [4.69, 9.17) is 10.3 Å². The van der Waals surface area contributed by atoms with E-state index in [9.17, 15) is 0 Å². The zero-order chi connectivity index (χ0) is 11.5. The summed E-state index contributed by atoms with van der Waals surface area (Å²) in [5, 5.41) is 3.88. The fourth-order valence-corrected chi connectivity index (χ4v) is 1.71. The minimum Gasteiger partial charge on any atom is -0.368 e. The first-order valence-electron chi connectivity index (χ1n) is 5.46. The first-order valence-corrected chi connectivity index (χ1v) is 5.46. The molecule has 0 unspecified atom stereocenters. The molecule has 16 heavy (non-hydrogen) atoms. The molecule has 0 spiro atoms. The van der Waals surface area contributed by atoms with E-state index in [0.717, 1.165) is 17.7 Å². The molecule has 1 heterocycles. The molecule has 2 N–H and O–H groups in total. The van der Waals surface area contributed by atoms with Crippen LogP contribution >= 0.6 is 0 Å². The van der Waals surface area contributed by atoms with E-state index < -0.39 is 0 Å². The number of nitrogens with zero attached hydrogens (tertiary/aromatic N) is 1. The van der Waals surface area contributed by atoms with E-state index in [-0.39, 0.29) is 0 Å². The summed E-state index contributed by atoms with van der Waals surface area (Å²) in [6.45, 7) is 4.43.